The molecule has 5 aromatic carbocycles. The second-order valence-corrected chi connectivity index (χ2v) is 13.2. The van der Waals surface area contributed by atoms with E-state index in [2.05, 4.69) is 77.1 Å². The monoisotopic (exact) mass is 798 g/mol. The van der Waals surface area contributed by atoms with Gasteiger partial charge in [-0.25, -0.2) is 4.98 Å². The van der Waals surface area contributed by atoms with E-state index in [1.807, 2.05) is 53.2 Å². The molecule has 7 aromatic rings. The summed E-state index contributed by atoms with van der Waals surface area (Å²) in [7, 11) is 0. The Hall–Kier alpha value is -4.53. The van der Waals surface area contributed by atoms with Crippen molar-refractivity contribution in [2.24, 2.45) is 0 Å². The molecule has 0 aliphatic heterocycles. The van der Waals surface area contributed by atoms with Gasteiger partial charge in [0.15, 0.2) is 0 Å². The normalized spacial score (nSPS) is 12.9. The number of para-hydroxylation sites is 1. The van der Waals surface area contributed by atoms with Gasteiger partial charge in [-0.15, -0.1) is 35.4 Å². The first kappa shape index (κ1) is 28.7. The fourth-order valence-corrected chi connectivity index (χ4v) is 6.30. The van der Waals surface area contributed by atoms with Crippen molar-refractivity contribution in [3.05, 3.63) is 132 Å². The first-order valence-electron chi connectivity index (χ1n) is 17.2. The molecule has 0 aliphatic rings. The average Bonchev–Trinajstić information content (AvgIpc) is 3.47. The van der Waals surface area contributed by atoms with Gasteiger partial charge in [-0.05, 0) is 65.0 Å². The van der Waals surface area contributed by atoms with E-state index in [4.69, 9.17) is 14.1 Å². The third-order valence-electron chi connectivity index (χ3n) is 8.72. The number of benzene rings is 5. The summed E-state index contributed by atoms with van der Waals surface area (Å²) < 4.78 is 27.6. The third-order valence-corrected chi connectivity index (χ3v) is 8.72. The molecular formula is C42H38N3OPt-. The Morgan fingerprint density at radius 2 is 1.55 bits per heavy atom. The molecule has 2 aromatic heterocycles. The van der Waals surface area contributed by atoms with Crippen molar-refractivity contribution < 1.29 is 30.3 Å². The minimum atomic E-state index is -2.43. The van der Waals surface area contributed by atoms with Crippen LogP contribution in [-0.2, 0) is 26.5 Å². The van der Waals surface area contributed by atoms with Gasteiger partial charge in [-0.3, -0.25) is 9.55 Å². The number of hydrogen-bond donors (Lipinski definition) is 1. The molecule has 0 fully saturated rings. The molecule has 7 rings (SSSR count). The molecular weight excluding hydrogens is 758 g/mol. The Morgan fingerprint density at radius 3 is 2.28 bits per heavy atom. The number of imidazole rings is 1. The van der Waals surface area contributed by atoms with Gasteiger partial charge >= 0.3 is 0 Å². The molecule has 238 valence electrons. The quantitative estimate of drug-likeness (QED) is 0.177. The molecule has 0 radical (unpaired) electrons. The first-order chi connectivity index (χ1) is 23.3. The molecule has 0 saturated heterocycles. The van der Waals surface area contributed by atoms with E-state index in [-0.39, 0.29) is 43.7 Å². The van der Waals surface area contributed by atoms with Crippen LogP contribution in [0.25, 0.3) is 61.3 Å². The number of pyridine rings is 1. The standard InChI is InChI=1S/C42H38N3O.Pt/c1-26(2)33-23-17-28-13-10-24-43-38(28)37(33)30-12-9-11-29(25-30)34-22-16-27(3)40-39(34)44-41(35-14-7-8-15-36(35)46)45(40)32-20-18-31(19-21-32)42(4,5)6;/h7-24,26,46H,1-6H3;/q-1;/i3D3;. The number of hydrogen-bond acceptors (Lipinski definition) is 3. The summed E-state index contributed by atoms with van der Waals surface area (Å²) in [5, 5.41) is 12.1. The number of nitrogens with zero attached hydrogens (tertiary/aromatic N) is 3. The number of aryl methyl sites for hydroxylation is 1. The van der Waals surface area contributed by atoms with Gasteiger partial charge in [0.2, 0.25) is 0 Å². The van der Waals surface area contributed by atoms with Crippen molar-refractivity contribution >= 4 is 21.9 Å². The van der Waals surface area contributed by atoms with Crippen LogP contribution in [0.5, 0.6) is 5.75 Å². The summed E-state index contributed by atoms with van der Waals surface area (Å²) in [6.07, 6.45) is 1.82. The molecule has 1 N–H and O–H groups in total. The van der Waals surface area contributed by atoms with Gasteiger partial charge in [-0.1, -0.05) is 106 Å². The molecule has 0 saturated carbocycles. The van der Waals surface area contributed by atoms with Crippen molar-refractivity contribution in [3.63, 3.8) is 0 Å². The Morgan fingerprint density at radius 1 is 0.787 bits per heavy atom. The van der Waals surface area contributed by atoms with Crippen LogP contribution in [-0.4, -0.2) is 19.6 Å². The van der Waals surface area contributed by atoms with E-state index < -0.39 is 6.85 Å². The zero-order chi connectivity index (χ0) is 34.7. The largest absolute Gasteiger partial charge is 0.507 e. The fourth-order valence-electron chi connectivity index (χ4n) is 6.30. The van der Waals surface area contributed by atoms with Gasteiger partial charge in [-0.2, -0.15) is 0 Å². The summed E-state index contributed by atoms with van der Waals surface area (Å²) in [4.78, 5) is 9.94. The van der Waals surface area contributed by atoms with Crippen LogP contribution in [0.3, 0.4) is 0 Å². The van der Waals surface area contributed by atoms with Crippen LogP contribution in [0, 0.1) is 12.9 Å². The fraction of sp³-hybridized carbons (Fsp3) is 0.190. The Balaban J connectivity index is 0.00000432. The van der Waals surface area contributed by atoms with Crippen molar-refractivity contribution in [2.75, 3.05) is 0 Å². The van der Waals surface area contributed by atoms with E-state index in [1.54, 1.807) is 24.3 Å². The average molecular weight is 799 g/mol. The maximum Gasteiger partial charge on any atom is 0.148 e. The van der Waals surface area contributed by atoms with E-state index >= 15 is 0 Å². The summed E-state index contributed by atoms with van der Waals surface area (Å²) >= 11 is 0. The summed E-state index contributed by atoms with van der Waals surface area (Å²) in [5.74, 6) is 0.761. The maximum atomic E-state index is 11.1. The zero-order valence-electron chi connectivity index (χ0n) is 30.1. The molecule has 0 amide bonds. The first-order valence-corrected chi connectivity index (χ1v) is 15.7. The minimum absolute atomic E-state index is 0. The second-order valence-electron chi connectivity index (χ2n) is 13.2. The number of rotatable bonds is 5. The van der Waals surface area contributed by atoms with Gasteiger partial charge in [0.1, 0.15) is 11.6 Å². The Kier molecular flexibility index (Phi) is 7.68. The SMILES string of the molecule is [2H]C([2H])([2H])c1ccc(-c2[c-]c(-c3c(C(C)C)ccc4cccnc34)ccc2)c2nc(-c3ccccc3O)n(-c3ccc(C(C)(C)C)cc3)c12.[Pt]. The zero-order valence-corrected chi connectivity index (χ0v) is 29.3. The third kappa shape index (κ3) is 5.81. The van der Waals surface area contributed by atoms with Crippen LogP contribution in [0.4, 0.5) is 0 Å². The van der Waals surface area contributed by atoms with Crippen molar-refractivity contribution in [2.45, 2.75) is 52.8 Å². The number of aromatic nitrogens is 3. The number of phenols is 1. The molecule has 4 nitrogen and oxygen atoms in total. The molecule has 0 bridgehead atoms. The summed E-state index contributed by atoms with van der Waals surface area (Å²) in [6.45, 7) is 8.39. The van der Waals surface area contributed by atoms with Gasteiger partial charge in [0, 0.05) is 42.6 Å². The van der Waals surface area contributed by atoms with E-state index in [1.165, 1.54) is 5.56 Å². The predicted molar refractivity (Wildman–Crippen MR) is 191 cm³/mol. The van der Waals surface area contributed by atoms with Gasteiger partial charge in [0.05, 0.1) is 16.6 Å². The molecule has 0 atom stereocenters. The van der Waals surface area contributed by atoms with E-state index in [0.29, 0.717) is 22.4 Å². The van der Waals surface area contributed by atoms with Crippen LogP contribution in [0.1, 0.15) is 61.3 Å². The Bertz CT molecular complexity index is 2350. The van der Waals surface area contributed by atoms with Crippen molar-refractivity contribution in [3.8, 4) is 45.1 Å². The molecule has 5 heteroatoms. The number of fused-ring (bicyclic) bond motifs is 2. The smallest absolute Gasteiger partial charge is 0.148 e. The van der Waals surface area contributed by atoms with E-state index in [0.717, 1.165) is 44.4 Å². The molecule has 2 heterocycles. The van der Waals surface area contributed by atoms with Crippen LogP contribution in [0.15, 0.2) is 109 Å². The summed E-state index contributed by atoms with van der Waals surface area (Å²) in [5.41, 5.74) is 9.03. The Labute approximate surface area is 295 Å². The van der Waals surface area contributed by atoms with Crippen LogP contribution < -0.4 is 0 Å². The molecule has 0 unspecified atom stereocenters. The molecule has 47 heavy (non-hydrogen) atoms. The second kappa shape index (κ2) is 12.6. The van der Waals surface area contributed by atoms with Crippen molar-refractivity contribution in [1.82, 2.24) is 14.5 Å². The van der Waals surface area contributed by atoms with Crippen molar-refractivity contribution in [1.29, 1.82) is 0 Å². The summed E-state index contributed by atoms with van der Waals surface area (Å²) in [6, 6.07) is 36.7. The molecule has 0 aliphatic carbocycles. The number of phenolic OH excluding ortho intramolecular Hbond substituents is 1. The van der Waals surface area contributed by atoms with Crippen LogP contribution >= 0.6 is 0 Å². The van der Waals surface area contributed by atoms with Gasteiger partial charge < -0.3 is 5.11 Å². The van der Waals surface area contributed by atoms with Gasteiger partial charge in [0.25, 0.3) is 0 Å². The topological polar surface area (TPSA) is 50.9 Å². The number of aromatic hydroxyl groups is 1. The van der Waals surface area contributed by atoms with E-state index in [9.17, 15) is 5.11 Å². The predicted octanol–water partition coefficient (Wildman–Crippen LogP) is 10.8. The maximum absolute atomic E-state index is 11.1. The minimum Gasteiger partial charge on any atom is -0.507 e. The van der Waals surface area contributed by atoms with Crippen LogP contribution in [0.2, 0.25) is 0 Å². The molecule has 0 spiro atoms.